The lowest BCUT2D eigenvalue weighted by atomic mass is 9.89. The second kappa shape index (κ2) is 6.85. The Labute approximate surface area is 139 Å². The predicted octanol–water partition coefficient (Wildman–Crippen LogP) is 3.53. The predicted molar refractivity (Wildman–Crippen MR) is 91.3 cm³/mol. The molecule has 0 aromatic heterocycles. The molecule has 2 atom stereocenters. The van der Waals surface area contributed by atoms with Crippen molar-refractivity contribution < 1.29 is 8.92 Å². The normalized spacial score (nSPS) is 28.1. The summed E-state index contributed by atoms with van der Waals surface area (Å²) < 4.78 is 12.6. The molecule has 0 bridgehead atoms. The van der Waals surface area contributed by atoms with E-state index in [-0.39, 0.29) is 6.10 Å². The van der Waals surface area contributed by atoms with Crippen LogP contribution in [0, 0.1) is 3.57 Å². The number of rotatable bonds is 4. The largest absolute Gasteiger partial charge is 0.487 e. The summed E-state index contributed by atoms with van der Waals surface area (Å²) in [7, 11) is 0. The Morgan fingerprint density at radius 1 is 1.15 bits per heavy atom. The van der Waals surface area contributed by atoms with E-state index in [1.807, 2.05) is 18.2 Å². The van der Waals surface area contributed by atoms with Crippen molar-refractivity contribution >= 4 is 35.5 Å². The molecule has 1 saturated heterocycles. The molecule has 2 aliphatic rings. The number of thiol groups is 1. The van der Waals surface area contributed by atoms with E-state index in [0.29, 0.717) is 12.1 Å². The molecule has 1 aliphatic heterocycles. The summed E-state index contributed by atoms with van der Waals surface area (Å²) in [6.07, 6.45) is 5.51. The third kappa shape index (κ3) is 3.26. The van der Waals surface area contributed by atoms with Crippen molar-refractivity contribution in [3.05, 3.63) is 27.8 Å². The number of benzene rings is 1. The molecule has 2 unspecified atom stereocenters. The van der Waals surface area contributed by atoms with Gasteiger partial charge in [-0.25, -0.2) is 0 Å². The van der Waals surface area contributed by atoms with Crippen molar-refractivity contribution in [2.24, 2.45) is 0 Å². The van der Waals surface area contributed by atoms with Gasteiger partial charge in [0.15, 0.2) is 0 Å². The van der Waals surface area contributed by atoms with E-state index in [0.717, 1.165) is 25.3 Å². The first kappa shape index (κ1) is 14.9. The highest BCUT2D eigenvalue weighted by Crippen LogP contribution is 2.31. The maximum atomic E-state index is 6.06. The number of ether oxygens (including phenoxy) is 1. The molecular weight excluding hydrogens is 385 g/mol. The quantitative estimate of drug-likeness (QED) is 0.471. The fraction of sp³-hybridized carbons (Fsp3) is 0.600. The van der Waals surface area contributed by atoms with Crippen LogP contribution in [0.5, 0.6) is 5.75 Å². The van der Waals surface area contributed by atoms with Crippen molar-refractivity contribution in [2.75, 3.05) is 13.1 Å². The summed E-state index contributed by atoms with van der Waals surface area (Å²) in [4.78, 5) is 2.49. The number of nitrogens with zero attached hydrogens (tertiary/aromatic N) is 1. The summed E-state index contributed by atoms with van der Waals surface area (Å²) in [6.45, 7) is 2.01. The standard InChI is InChI=1S/C15H20INO2S/c16-12-5-1-3-7-14(12)18-11-9-17(10-11)13-6-2-4-8-15(13)19-20/h1,3,5,7,11,13,15,20H,2,4,6,8-10H2. The van der Waals surface area contributed by atoms with Crippen LogP contribution in [-0.2, 0) is 4.18 Å². The lowest BCUT2D eigenvalue weighted by molar-refractivity contribution is -0.0515. The van der Waals surface area contributed by atoms with E-state index in [9.17, 15) is 0 Å². The van der Waals surface area contributed by atoms with Crippen LogP contribution in [-0.4, -0.2) is 36.2 Å². The monoisotopic (exact) mass is 405 g/mol. The lowest BCUT2D eigenvalue weighted by Crippen LogP contribution is -2.61. The maximum Gasteiger partial charge on any atom is 0.133 e. The Balaban J connectivity index is 1.52. The Hall–Kier alpha value is 0.0200. The number of para-hydroxylation sites is 1. The Bertz CT molecular complexity index is 453. The van der Waals surface area contributed by atoms with E-state index in [4.69, 9.17) is 8.92 Å². The SMILES string of the molecule is SOC1CCCCC1N1CC(Oc2ccccc2I)C1. The van der Waals surface area contributed by atoms with Crippen LogP contribution in [0.25, 0.3) is 0 Å². The zero-order valence-electron chi connectivity index (χ0n) is 11.4. The van der Waals surface area contributed by atoms with Gasteiger partial charge in [-0.15, -0.1) is 0 Å². The Kier molecular flexibility index (Phi) is 5.12. The highest BCUT2D eigenvalue weighted by molar-refractivity contribution is 14.1. The topological polar surface area (TPSA) is 21.7 Å². The van der Waals surface area contributed by atoms with Crippen molar-refractivity contribution in [1.82, 2.24) is 4.90 Å². The molecule has 2 fully saturated rings. The number of hydrogen-bond acceptors (Lipinski definition) is 4. The minimum atomic E-state index is 0.282. The molecule has 110 valence electrons. The molecule has 1 heterocycles. The minimum absolute atomic E-state index is 0.282. The molecule has 0 radical (unpaired) electrons. The van der Waals surface area contributed by atoms with Gasteiger partial charge in [-0.05, 0) is 60.5 Å². The smallest absolute Gasteiger partial charge is 0.133 e. The highest BCUT2D eigenvalue weighted by Gasteiger charge is 2.39. The van der Waals surface area contributed by atoms with Gasteiger partial charge in [0.05, 0.1) is 9.67 Å². The van der Waals surface area contributed by atoms with Gasteiger partial charge in [0.1, 0.15) is 11.9 Å². The second-order valence-electron chi connectivity index (χ2n) is 5.62. The first-order valence-corrected chi connectivity index (χ1v) is 8.68. The molecule has 0 N–H and O–H groups in total. The maximum absolute atomic E-state index is 6.06. The van der Waals surface area contributed by atoms with E-state index in [1.165, 1.54) is 22.8 Å². The van der Waals surface area contributed by atoms with E-state index in [1.54, 1.807) is 0 Å². The zero-order valence-corrected chi connectivity index (χ0v) is 14.4. The van der Waals surface area contributed by atoms with Crippen LogP contribution >= 0.6 is 35.5 Å². The third-order valence-corrected chi connectivity index (χ3v) is 5.44. The molecule has 1 aliphatic carbocycles. The van der Waals surface area contributed by atoms with Gasteiger partial charge in [0, 0.05) is 19.1 Å². The van der Waals surface area contributed by atoms with Crippen LogP contribution < -0.4 is 4.74 Å². The lowest BCUT2D eigenvalue weighted by Gasteiger charge is -2.47. The van der Waals surface area contributed by atoms with Gasteiger partial charge in [0.25, 0.3) is 0 Å². The number of likely N-dealkylation sites (tertiary alicyclic amines) is 1. The minimum Gasteiger partial charge on any atom is -0.487 e. The summed E-state index contributed by atoms with van der Waals surface area (Å²) in [5, 5.41) is 0. The molecule has 3 nitrogen and oxygen atoms in total. The van der Waals surface area contributed by atoms with Crippen molar-refractivity contribution in [1.29, 1.82) is 0 Å². The first-order valence-electron chi connectivity index (χ1n) is 7.23. The number of halogens is 1. The molecule has 20 heavy (non-hydrogen) atoms. The molecule has 3 rings (SSSR count). The molecule has 0 amide bonds. The molecule has 1 aromatic carbocycles. The van der Waals surface area contributed by atoms with Gasteiger partial charge >= 0.3 is 0 Å². The van der Waals surface area contributed by atoms with Gasteiger partial charge in [0.2, 0.25) is 0 Å². The highest BCUT2D eigenvalue weighted by atomic mass is 127. The molecule has 0 spiro atoms. The van der Waals surface area contributed by atoms with Crippen LogP contribution in [0.1, 0.15) is 25.7 Å². The average Bonchev–Trinajstić information content (AvgIpc) is 2.44. The van der Waals surface area contributed by atoms with Crippen molar-refractivity contribution in [3.63, 3.8) is 0 Å². The van der Waals surface area contributed by atoms with Gasteiger partial charge in [-0.1, -0.05) is 25.0 Å². The van der Waals surface area contributed by atoms with Gasteiger partial charge in [-0.3, -0.25) is 4.90 Å². The summed E-state index contributed by atoms with van der Waals surface area (Å²) in [5.41, 5.74) is 0. The second-order valence-corrected chi connectivity index (χ2v) is 6.99. The summed E-state index contributed by atoms with van der Waals surface area (Å²) >= 11 is 6.36. The Morgan fingerprint density at radius 2 is 1.90 bits per heavy atom. The third-order valence-electron chi connectivity index (χ3n) is 4.28. The summed E-state index contributed by atoms with van der Waals surface area (Å²) in [6, 6.07) is 8.72. The molecular formula is C15H20INO2S. The van der Waals surface area contributed by atoms with Crippen LogP contribution in [0.15, 0.2) is 24.3 Å². The van der Waals surface area contributed by atoms with Gasteiger partial charge < -0.3 is 8.92 Å². The average molecular weight is 405 g/mol. The van der Waals surface area contributed by atoms with E-state index < -0.39 is 0 Å². The van der Waals surface area contributed by atoms with Gasteiger partial charge in [-0.2, -0.15) is 0 Å². The van der Waals surface area contributed by atoms with Crippen LogP contribution in [0.4, 0.5) is 0 Å². The first-order chi connectivity index (χ1) is 9.78. The Morgan fingerprint density at radius 3 is 2.65 bits per heavy atom. The van der Waals surface area contributed by atoms with E-state index in [2.05, 4.69) is 46.5 Å². The van der Waals surface area contributed by atoms with Crippen molar-refractivity contribution in [3.8, 4) is 5.75 Å². The van der Waals surface area contributed by atoms with Crippen LogP contribution in [0.3, 0.4) is 0 Å². The fourth-order valence-corrected chi connectivity index (χ4v) is 3.91. The molecule has 1 aromatic rings. The van der Waals surface area contributed by atoms with Crippen molar-refractivity contribution in [2.45, 2.75) is 43.9 Å². The molecule has 1 saturated carbocycles. The fourth-order valence-electron chi connectivity index (χ4n) is 3.15. The van der Waals surface area contributed by atoms with E-state index >= 15 is 0 Å². The summed E-state index contributed by atoms with van der Waals surface area (Å²) in [5.74, 6) is 1.00. The molecule has 5 heteroatoms. The zero-order chi connectivity index (χ0) is 13.9. The number of hydrogen-bond donors (Lipinski definition) is 1. The van der Waals surface area contributed by atoms with Crippen LogP contribution in [0.2, 0.25) is 0 Å².